The van der Waals surface area contributed by atoms with Gasteiger partial charge in [0.1, 0.15) is 5.75 Å². The summed E-state index contributed by atoms with van der Waals surface area (Å²) in [5.41, 5.74) is 0.831. The molecule has 0 saturated heterocycles. The lowest BCUT2D eigenvalue weighted by molar-refractivity contribution is -0.122. The number of hydrogen-bond acceptors (Lipinski definition) is 5. The first-order chi connectivity index (χ1) is 11.9. The van der Waals surface area contributed by atoms with Crippen LogP contribution in [-0.4, -0.2) is 32.0 Å². The van der Waals surface area contributed by atoms with Gasteiger partial charge in [0.15, 0.2) is 0 Å². The number of pyridine rings is 1. The van der Waals surface area contributed by atoms with Gasteiger partial charge in [-0.3, -0.25) is 9.78 Å². The summed E-state index contributed by atoms with van der Waals surface area (Å²) in [6.07, 6.45) is 3.27. The molecule has 1 heterocycles. The summed E-state index contributed by atoms with van der Waals surface area (Å²) >= 11 is 0. The van der Waals surface area contributed by atoms with Crippen LogP contribution in [0.5, 0.6) is 5.75 Å². The predicted molar refractivity (Wildman–Crippen MR) is 93.5 cm³/mol. The van der Waals surface area contributed by atoms with Crippen LogP contribution in [-0.2, 0) is 21.4 Å². The Balaban J connectivity index is 1.95. The van der Waals surface area contributed by atoms with Gasteiger partial charge in [0, 0.05) is 18.9 Å². The Bertz CT molecular complexity index is 792. The van der Waals surface area contributed by atoms with E-state index >= 15 is 0 Å². The second-order valence-corrected chi connectivity index (χ2v) is 7.04. The second-order valence-electron chi connectivity index (χ2n) is 5.33. The van der Waals surface area contributed by atoms with Gasteiger partial charge in [0.05, 0.1) is 17.5 Å². The summed E-state index contributed by atoms with van der Waals surface area (Å²) in [5, 5.41) is 2.67. The summed E-state index contributed by atoms with van der Waals surface area (Å²) in [6.45, 7) is 4.11. The molecule has 2 N–H and O–H groups in total. The zero-order valence-electron chi connectivity index (χ0n) is 14.1. The molecule has 134 valence electrons. The molecule has 0 unspecified atom stereocenters. The van der Waals surface area contributed by atoms with E-state index in [-0.39, 0.29) is 11.4 Å². The molecular weight excluding hydrogens is 342 g/mol. The van der Waals surface area contributed by atoms with Crippen LogP contribution in [0.3, 0.4) is 0 Å². The first-order valence-electron chi connectivity index (χ1n) is 7.84. The summed E-state index contributed by atoms with van der Waals surface area (Å²) in [5.74, 6) is 0.169. The quantitative estimate of drug-likeness (QED) is 0.740. The Kier molecular flexibility index (Phi) is 6.49. The molecule has 7 nitrogen and oxygen atoms in total. The highest BCUT2D eigenvalue weighted by atomic mass is 32.2. The standard InChI is InChI=1S/C17H21N3O4S/c1-3-24-15-6-8-16(9-7-15)25(22,23)20-13(2)17(21)19-12-14-5-4-10-18-11-14/h4-11,13,20H,3,12H2,1-2H3,(H,19,21)/t13-/m1/s1. The number of aromatic nitrogens is 1. The lowest BCUT2D eigenvalue weighted by Crippen LogP contribution is -2.44. The maximum Gasteiger partial charge on any atom is 0.241 e. The first-order valence-corrected chi connectivity index (χ1v) is 9.32. The molecule has 25 heavy (non-hydrogen) atoms. The van der Waals surface area contributed by atoms with Crippen molar-refractivity contribution in [1.29, 1.82) is 0 Å². The molecule has 1 aromatic heterocycles. The normalized spacial score (nSPS) is 12.4. The number of hydrogen-bond donors (Lipinski definition) is 2. The lowest BCUT2D eigenvalue weighted by atomic mass is 10.2. The molecule has 0 fully saturated rings. The third kappa shape index (κ3) is 5.54. The predicted octanol–water partition coefficient (Wildman–Crippen LogP) is 1.46. The highest BCUT2D eigenvalue weighted by Gasteiger charge is 2.21. The first kappa shape index (κ1) is 18.9. The van der Waals surface area contributed by atoms with E-state index in [1.54, 1.807) is 30.6 Å². The van der Waals surface area contributed by atoms with Crippen LogP contribution in [0.1, 0.15) is 19.4 Å². The number of carbonyl (C=O) groups excluding carboxylic acids is 1. The zero-order chi connectivity index (χ0) is 18.3. The SMILES string of the molecule is CCOc1ccc(S(=O)(=O)N[C@H](C)C(=O)NCc2cccnc2)cc1. The van der Waals surface area contributed by atoms with Crippen molar-refractivity contribution in [3.8, 4) is 5.75 Å². The fourth-order valence-electron chi connectivity index (χ4n) is 2.08. The Morgan fingerprint density at radius 3 is 2.56 bits per heavy atom. The number of nitrogens with zero attached hydrogens (tertiary/aromatic N) is 1. The molecule has 0 aliphatic rings. The van der Waals surface area contributed by atoms with Gasteiger partial charge in [-0.25, -0.2) is 8.42 Å². The van der Waals surface area contributed by atoms with E-state index < -0.39 is 22.0 Å². The zero-order valence-corrected chi connectivity index (χ0v) is 14.9. The van der Waals surface area contributed by atoms with Gasteiger partial charge in [-0.15, -0.1) is 0 Å². The summed E-state index contributed by atoms with van der Waals surface area (Å²) < 4.78 is 32.3. The molecule has 0 bridgehead atoms. The van der Waals surface area contributed by atoms with Crippen LogP contribution in [0.25, 0.3) is 0 Å². The number of amides is 1. The average Bonchev–Trinajstić information content (AvgIpc) is 2.61. The van der Waals surface area contributed by atoms with Gasteiger partial charge in [0.2, 0.25) is 15.9 Å². The molecule has 0 aliphatic carbocycles. The van der Waals surface area contributed by atoms with Crippen LogP contribution >= 0.6 is 0 Å². The number of sulfonamides is 1. The average molecular weight is 363 g/mol. The Hall–Kier alpha value is -2.45. The molecule has 2 rings (SSSR count). The van der Waals surface area contributed by atoms with E-state index in [2.05, 4.69) is 15.0 Å². The molecule has 0 saturated carbocycles. The molecule has 1 atom stereocenters. The fourth-order valence-corrected chi connectivity index (χ4v) is 3.28. The van der Waals surface area contributed by atoms with Crippen LogP contribution in [0.15, 0.2) is 53.7 Å². The van der Waals surface area contributed by atoms with Crippen LogP contribution in [0.4, 0.5) is 0 Å². The van der Waals surface area contributed by atoms with Crippen molar-refractivity contribution in [1.82, 2.24) is 15.0 Å². The van der Waals surface area contributed by atoms with E-state index in [0.29, 0.717) is 12.4 Å². The third-order valence-corrected chi connectivity index (χ3v) is 4.92. The molecule has 0 spiro atoms. The van der Waals surface area contributed by atoms with Gasteiger partial charge < -0.3 is 10.1 Å². The van der Waals surface area contributed by atoms with E-state index in [9.17, 15) is 13.2 Å². The topological polar surface area (TPSA) is 97.4 Å². The van der Waals surface area contributed by atoms with Crippen molar-refractivity contribution in [3.05, 3.63) is 54.4 Å². The molecule has 1 aromatic carbocycles. The number of rotatable bonds is 8. The molecular formula is C17H21N3O4S. The molecule has 2 aromatic rings. The van der Waals surface area contributed by atoms with Gasteiger partial charge in [0.25, 0.3) is 0 Å². The Morgan fingerprint density at radius 1 is 1.24 bits per heavy atom. The van der Waals surface area contributed by atoms with Crippen molar-refractivity contribution < 1.29 is 17.9 Å². The molecule has 0 aliphatic heterocycles. The van der Waals surface area contributed by atoms with E-state index in [1.165, 1.54) is 19.1 Å². The summed E-state index contributed by atoms with van der Waals surface area (Å²) in [7, 11) is -3.80. The molecule has 1 amide bonds. The van der Waals surface area contributed by atoms with Crippen molar-refractivity contribution in [3.63, 3.8) is 0 Å². The van der Waals surface area contributed by atoms with Gasteiger partial charge >= 0.3 is 0 Å². The largest absolute Gasteiger partial charge is 0.494 e. The maximum absolute atomic E-state index is 12.3. The number of nitrogens with one attached hydrogen (secondary N) is 2. The van der Waals surface area contributed by atoms with E-state index in [1.807, 2.05) is 13.0 Å². The van der Waals surface area contributed by atoms with Crippen molar-refractivity contribution in [2.75, 3.05) is 6.61 Å². The smallest absolute Gasteiger partial charge is 0.241 e. The van der Waals surface area contributed by atoms with E-state index in [4.69, 9.17) is 4.74 Å². The number of benzene rings is 1. The van der Waals surface area contributed by atoms with Gasteiger partial charge in [-0.1, -0.05) is 6.07 Å². The number of carbonyl (C=O) groups is 1. The minimum atomic E-state index is -3.80. The maximum atomic E-state index is 12.3. The summed E-state index contributed by atoms with van der Waals surface area (Å²) in [6, 6.07) is 8.70. The van der Waals surface area contributed by atoms with E-state index in [0.717, 1.165) is 5.56 Å². The fraction of sp³-hybridized carbons (Fsp3) is 0.294. The Labute approximate surface area is 147 Å². The van der Waals surface area contributed by atoms with Gasteiger partial charge in [-0.2, -0.15) is 4.72 Å². The van der Waals surface area contributed by atoms with Crippen LogP contribution < -0.4 is 14.8 Å². The third-order valence-electron chi connectivity index (χ3n) is 3.36. The highest BCUT2D eigenvalue weighted by Crippen LogP contribution is 2.16. The minimum absolute atomic E-state index is 0.0721. The monoisotopic (exact) mass is 363 g/mol. The Morgan fingerprint density at radius 2 is 1.96 bits per heavy atom. The second kappa shape index (κ2) is 8.59. The van der Waals surface area contributed by atoms with Crippen molar-refractivity contribution in [2.45, 2.75) is 31.3 Å². The summed E-state index contributed by atoms with van der Waals surface area (Å²) in [4.78, 5) is 16.1. The minimum Gasteiger partial charge on any atom is -0.494 e. The van der Waals surface area contributed by atoms with Gasteiger partial charge in [-0.05, 0) is 49.7 Å². The van der Waals surface area contributed by atoms with Crippen LogP contribution in [0.2, 0.25) is 0 Å². The number of ether oxygens (including phenoxy) is 1. The van der Waals surface area contributed by atoms with Crippen molar-refractivity contribution in [2.24, 2.45) is 0 Å². The lowest BCUT2D eigenvalue weighted by Gasteiger charge is -2.14. The molecule has 8 heteroatoms. The van der Waals surface area contributed by atoms with Crippen molar-refractivity contribution >= 4 is 15.9 Å². The van der Waals surface area contributed by atoms with Crippen LogP contribution in [0, 0.1) is 0 Å². The highest BCUT2D eigenvalue weighted by molar-refractivity contribution is 7.89. The molecule has 0 radical (unpaired) electrons.